The summed E-state index contributed by atoms with van der Waals surface area (Å²) in [5.74, 6) is 1.33. The minimum absolute atomic E-state index is 0.0966. The number of alkyl halides is 1. The maximum atomic E-state index is 12.9. The van der Waals surface area contributed by atoms with E-state index in [4.69, 9.17) is 14.2 Å². The van der Waals surface area contributed by atoms with Crippen LogP contribution < -0.4 is 14.8 Å². The number of ether oxygens (including phenoxy) is 3. The maximum Gasteiger partial charge on any atom is 0.167 e. The van der Waals surface area contributed by atoms with Gasteiger partial charge in [-0.25, -0.2) is 4.39 Å². The summed E-state index contributed by atoms with van der Waals surface area (Å²) in [6, 6.07) is 3.51. The lowest BCUT2D eigenvalue weighted by molar-refractivity contribution is 0.0244. The molecule has 0 spiro atoms. The minimum Gasteiger partial charge on any atom is -0.486 e. The van der Waals surface area contributed by atoms with Crippen LogP contribution in [0.1, 0.15) is 17.2 Å². The van der Waals surface area contributed by atoms with E-state index >= 15 is 0 Å². The van der Waals surface area contributed by atoms with E-state index in [1.54, 1.807) is 6.07 Å². The van der Waals surface area contributed by atoms with Crippen molar-refractivity contribution in [2.75, 3.05) is 32.9 Å². The van der Waals surface area contributed by atoms with E-state index in [2.05, 4.69) is 5.32 Å². The van der Waals surface area contributed by atoms with Crippen LogP contribution in [0.2, 0.25) is 0 Å². The fourth-order valence-electron chi connectivity index (χ4n) is 2.32. The Morgan fingerprint density at radius 1 is 1.22 bits per heavy atom. The van der Waals surface area contributed by atoms with Gasteiger partial charge >= 0.3 is 0 Å². The molecule has 0 aromatic heterocycles. The molecule has 0 radical (unpaired) electrons. The lowest BCUT2D eigenvalue weighted by Gasteiger charge is -2.28. The quantitative estimate of drug-likeness (QED) is 0.868. The molecule has 2 heterocycles. The molecule has 2 aliphatic rings. The van der Waals surface area contributed by atoms with Gasteiger partial charge in [0.15, 0.2) is 11.5 Å². The highest BCUT2D eigenvalue weighted by Crippen LogP contribution is 2.39. The fourth-order valence-corrected chi connectivity index (χ4v) is 2.32. The molecule has 1 atom stereocenters. The molecule has 1 fully saturated rings. The number of hydrogen-bond donors (Lipinski definition) is 1. The number of fused-ring (bicyclic) bond motifs is 1. The summed E-state index contributed by atoms with van der Waals surface area (Å²) in [7, 11) is 0. The Bertz CT molecular complexity index is 432. The number of morpholine rings is 1. The summed E-state index contributed by atoms with van der Waals surface area (Å²) in [5, 5.41) is 3.26. The maximum absolute atomic E-state index is 12.9. The highest BCUT2D eigenvalue weighted by molar-refractivity contribution is 5.51. The molecule has 0 saturated carbocycles. The Labute approximate surface area is 105 Å². The number of halogens is 1. The SMILES string of the molecule is FCc1cc2c(c(C3CNCCO3)c1)OCCO2. The summed E-state index contributed by atoms with van der Waals surface area (Å²) in [6.45, 7) is 2.73. The largest absolute Gasteiger partial charge is 0.486 e. The highest BCUT2D eigenvalue weighted by Gasteiger charge is 2.25. The molecule has 1 aromatic carbocycles. The van der Waals surface area contributed by atoms with E-state index in [1.807, 2.05) is 6.07 Å². The van der Waals surface area contributed by atoms with Crippen molar-refractivity contribution in [1.29, 1.82) is 0 Å². The molecule has 0 aliphatic carbocycles. The van der Waals surface area contributed by atoms with Crippen LogP contribution >= 0.6 is 0 Å². The van der Waals surface area contributed by atoms with E-state index in [1.165, 1.54) is 0 Å². The fraction of sp³-hybridized carbons (Fsp3) is 0.538. The van der Waals surface area contributed by atoms with Crippen LogP contribution in [0.3, 0.4) is 0 Å². The summed E-state index contributed by atoms with van der Waals surface area (Å²) in [4.78, 5) is 0. The predicted molar refractivity (Wildman–Crippen MR) is 63.8 cm³/mol. The van der Waals surface area contributed by atoms with E-state index in [0.717, 1.165) is 12.1 Å². The molecule has 1 N–H and O–H groups in total. The molecular weight excluding hydrogens is 237 g/mol. The summed E-state index contributed by atoms with van der Waals surface area (Å²) >= 11 is 0. The Balaban J connectivity index is 1.99. The normalized spacial score (nSPS) is 22.8. The van der Waals surface area contributed by atoms with Gasteiger partial charge in [0.05, 0.1) is 12.7 Å². The van der Waals surface area contributed by atoms with Crippen molar-refractivity contribution in [2.45, 2.75) is 12.8 Å². The van der Waals surface area contributed by atoms with Crippen molar-refractivity contribution in [1.82, 2.24) is 5.32 Å². The molecule has 98 valence electrons. The van der Waals surface area contributed by atoms with Gasteiger partial charge in [0.2, 0.25) is 0 Å². The first-order valence-electron chi connectivity index (χ1n) is 6.19. The van der Waals surface area contributed by atoms with Crippen LogP contribution in [-0.4, -0.2) is 32.9 Å². The Morgan fingerprint density at radius 3 is 2.89 bits per heavy atom. The predicted octanol–water partition coefficient (Wildman–Crippen LogP) is 1.59. The molecule has 5 heteroatoms. The van der Waals surface area contributed by atoms with Crippen molar-refractivity contribution in [2.24, 2.45) is 0 Å². The Hall–Kier alpha value is -1.33. The molecule has 1 aromatic rings. The number of nitrogens with one attached hydrogen (secondary N) is 1. The van der Waals surface area contributed by atoms with Crippen LogP contribution in [0.5, 0.6) is 11.5 Å². The first-order chi connectivity index (χ1) is 8.88. The van der Waals surface area contributed by atoms with Crippen LogP contribution in [0, 0.1) is 0 Å². The summed E-state index contributed by atoms with van der Waals surface area (Å²) in [6.07, 6.45) is -0.0966. The van der Waals surface area contributed by atoms with E-state index < -0.39 is 6.67 Å². The van der Waals surface area contributed by atoms with Gasteiger partial charge in [-0.2, -0.15) is 0 Å². The zero-order valence-electron chi connectivity index (χ0n) is 10.1. The number of rotatable bonds is 2. The summed E-state index contributed by atoms with van der Waals surface area (Å²) < 4.78 is 29.8. The second-order valence-corrected chi connectivity index (χ2v) is 4.41. The van der Waals surface area contributed by atoms with E-state index in [0.29, 0.717) is 43.4 Å². The van der Waals surface area contributed by atoms with Crippen molar-refractivity contribution in [3.63, 3.8) is 0 Å². The van der Waals surface area contributed by atoms with Crippen molar-refractivity contribution >= 4 is 0 Å². The van der Waals surface area contributed by atoms with Gasteiger partial charge in [-0.15, -0.1) is 0 Å². The molecule has 18 heavy (non-hydrogen) atoms. The van der Waals surface area contributed by atoms with Gasteiger partial charge in [0.25, 0.3) is 0 Å². The zero-order valence-corrected chi connectivity index (χ0v) is 10.1. The third-order valence-electron chi connectivity index (χ3n) is 3.16. The molecular formula is C13H16FNO3. The van der Waals surface area contributed by atoms with Crippen molar-refractivity contribution in [3.8, 4) is 11.5 Å². The van der Waals surface area contributed by atoms with Gasteiger partial charge < -0.3 is 19.5 Å². The second-order valence-electron chi connectivity index (χ2n) is 4.41. The van der Waals surface area contributed by atoms with Crippen LogP contribution in [0.25, 0.3) is 0 Å². The average molecular weight is 253 g/mol. The monoisotopic (exact) mass is 253 g/mol. The third-order valence-corrected chi connectivity index (χ3v) is 3.16. The molecule has 3 rings (SSSR count). The average Bonchev–Trinajstić information content (AvgIpc) is 2.47. The molecule has 0 amide bonds. The zero-order chi connectivity index (χ0) is 12.4. The minimum atomic E-state index is -0.510. The number of hydrogen-bond acceptors (Lipinski definition) is 4. The molecule has 4 nitrogen and oxygen atoms in total. The van der Waals surface area contributed by atoms with Gasteiger partial charge in [0.1, 0.15) is 19.9 Å². The van der Waals surface area contributed by atoms with Gasteiger partial charge in [0, 0.05) is 18.7 Å². The Kier molecular flexibility index (Phi) is 3.34. The third kappa shape index (κ3) is 2.15. The van der Waals surface area contributed by atoms with Gasteiger partial charge in [-0.3, -0.25) is 0 Å². The van der Waals surface area contributed by atoms with Crippen LogP contribution in [-0.2, 0) is 11.4 Å². The van der Waals surface area contributed by atoms with Gasteiger partial charge in [-0.05, 0) is 17.7 Å². The molecule has 1 saturated heterocycles. The molecule has 1 unspecified atom stereocenters. The standard InChI is InChI=1S/C13H16FNO3/c14-7-9-5-10(12-8-15-1-2-16-12)13-11(6-9)17-3-4-18-13/h5-6,12,15H,1-4,7-8H2. The van der Waals surface area contributed by atoms with Crippen LogP contribution in [0.4, 0.5) is 4.39 Å². The lowest BCUT2D eigenvalue weighted by Crippen LogP contribution is -2.34. The van der Waals surface area contributed by atoms with E-state index in [9.17, 15) is 4.39 Å². The first-order valence-corrected chi connectivity index (χ1v) is 6.19. The first kappa shape index (κ1) is 11.7. The molecule has 0 bridgehead atoms. The topological polar surface area (TPSA) is 39.7 Å². The smallest absolute Gasteiger partial charge is 0.167 e. The van der Waals surface area contributed by atoms with E-state index in [-0.39, 0.29) is 6.10 Å². The van der Waals surface area contributed by atoms with Crippen molar-refractivity contribution < 1.29 is 18.6 Å². The second kappa shape index (κ2) is 5.12. The molecule has 2 aliphatic heterocycles. The lowest BCUT2D eigenvalue weighted by atomic mass is 10.0. The summed E-state index contributed by atoms with van der Waals surface area (Å²) in [5.41, 5.74) is 1.48. The van der Waals surface area contributed by atoms with Crippen LogP contribution in [0.15, 0.2) is 12.1 Å². The highest BCUT2D eigenvalue weighted by atomic mass is 19.1. The Morgan fingerprint density at radius 2 is 2.11 bits per heavy atom. The van der Waals surface area contributed by atoms with Crippen molar-refractivity contribution in [3.05, 3.63) is 23.3 Å². The van der Waals surface area contributed by atoms with Gasteiger partial charge in [-0.1, -0.05) is 0 Å². The number of benzene rings is 1.